The lowest BCUT2D eigenvalue weighted by Crippen LogP contribution is -2.48. The molecule has 4 atom stereocenters. The topological polar surface area (TPSA) is 109 Å². The third-order valence-corrected chi connectivity index (χ3v) is 10.8. The normalized spacial score (nSPS) is 25.9. The van der Waals surface area contributed by atoms with Crippen molar-refractivity contribution < 1.29 is 17.6 Å². The standard InChI is InChI=1S/C29H36ClFN6O3S/c1-35(2)41(39,40)34-24-9-11-36(19-24)12-13-37(28(38)33-23-6-7-27(31)26(30)16-23)25-8-10-29(17-22(29)15-25)21-5-3-4-20(14-21)18-32/h3-7,14,16,22,24-25,34H,8-13,15,17,19H2,1-2H3,(H,33,38)/t22?,24?,25-,29-/m1/s1. The van der Waals surface area contributed by atoms with Gasteiger partial charge in [-0.3, -0.25) is 4.90 Å². The predicted octanol–water partition coefficient (Wildman–Crippen LogP) is 4.17. The van der Waals surface area contributed by atoms with Crippen LogP contribution in [0.15, 0.2) is 42.5 Å². The Morgan fingerprint density at radius 2 is 2.05 bits per heavy atom. The average molecular weight is 603 g/mol. The molecule has 3 aliphatic rings. The van der Waals surface area contributed by atoms with Crippen molar-refractivity contribution >= 4 is 33.5 Å². The molecule has 220 valence electrons. The highest BCUT2D eigenvalue weighted by atomic mass is 35.5. The molecule has 41 heavy (non-hydrogen) atoms. The van der Waals surface area contributed by atoms with E-state index in [-0.39, 0.29) is 28.6 Å². The number of likely N-dealkylation sites (tertiary alicyclic amines) is 1. The van der Waals surface area contributed by atoms with Gasteiger partial charge in [0.15, 0.2) is 0 Å². The number of amides is 2. The Labute approximate surface area is 246 Å². The van der Waals surface area contributed by atoms with Crippen LogP contribution >= 0.6 is 11.6 Å². The zero-order chi connectivity index (χ0) is 29.4. The fourth-order valence-corrected chi connectivity index (χ4v) is 7.47. The maximum absolute atomic E-state index is 13.7. The van der Waals surface area contributed by atoms with E-state index in [0.717, 1.165) is 32.2 Å². The van der Waals surface area contributed by atoms with E-state index in [9.17, 15) is 22.9 Å². The van der Waals surface area contributed by atoms with Crippen molar-refractivity contribution in [3.8, 4) is 6.07 Å². The van der Waals surface area contributed by atoms with Crippen LogP contribution < -0.4 is 10.0 Å². The third-order valence-electron chi connectivity index (χ3n) is 8.88. The van der Waals surface area contributed by atoms with Crippen LogP contribution in [0, 0.1) is 23.1 Å². The van der Waals surface area contributed by atoms with E-state index in [4.69, 9.17) is 11.6 Å². The lowest BCUT2D eigenvalue weighted by Gasteiger charge is -2.37. The van der Waals surface area contributed by atoms with Gasteiger partial charge in [-0.2, -0.15) is 22.7 Å². The number of rotatable bonds is 9. The monoisotopic (exact) mass is 602 g/mol. The molecule has 1 aliphatic heterocycles. The molecular formula is C29H36ClFN6O3S. The summed E-state index contributed by atoms with van der Waals surface area (Å²) in [5.74, 6) is -0.116. The lowest BCUT2D eigenvalue weighted by molar-refractivity contribution is 0.149. The number of urea groups is 1. The lowest BCUT2D eigenvalue weighted by atomic mass is 9.80. The van der Waals surface area contributed by atoms with Crippen LogP contribution in [0.4, 0.5) is 14.9 Å². The predicted molar refractivity (Wildman–Crippen MR) is 156 cm³/mol. The molecule has 2 aromatic rings. The Bertz CT molecular complexity index is 1450. The van der Waals surface area contributed by atoms with Crippen molar-refractivity contribution in [1.29, 1.82) is 5.26 Å². The van der Waals surface area contributed by atoms with Crippen LogP contribution in [-0.2, 0) is 15.6 Å². The van der Waals surface area contributed by atoms with Gasteiger partial charge >= 0.3 is 6.03 Å². The first-order valence-corrected chi connectivity index (χ1v) is 15.8. The number of nitrogens with zero attached hydrogens (tertiary/aromatic N) is 4. The molecule has 2 aliphatic carbocycles. The smallest absolute Gasteiger partial charge is 0.320 e. The van der Waals surface area contributed by atoms with Gasteiger partial charge in [-0.05, 0) is 85.9 Å². The van der Waals surface area contributed by atoms with Gasteiger partial charge in [0, 0.05) is 51.5 Å². The van der Waals surface area contributed by atoms with Crippen molar-refractivity contribution in [3.63, 3.8) is 0 Å². The Morgan fingerprint density at radius 3 is 2.76 bits per heavy atom. The number of fused-ring (bicyclic) bond motifs is 1. The van der Waals surface area contributed by atoms with Crippen molar-refractivity contribution in [3.05, 3.63) is 64.4 Å². The number of carbonyl (C=O) groups is 1. The van der Waals surface area contributed by atoms with Crippen molar-refractivity contribution in [2.45, 2.75) is 49.6 Å². The summed E-state index contributed by atoms with van der Waals surface area (Å²) in [6.45, 7) is 2.38. The third kappa shape index (κ3) is 6.52. The molecule has 1 saturated heterocycles. The zero-order valence-corrected chi connectivity index (χ0v) is 24.9. The molecule has 0 spiro atoms. The Hall–Kier alpha value is -2.75. The van der Waals surface area contributed by atoms with Crippen LogP contribution in [0.25, 0.3) is 0 Å². The van der Waals surface area contributed by atoms with Gasteiger partial charge < -0.3 is 10.2 Å². The largest absolute Gasteiger partial charge is 0.322 e. The van der Waals surface area contributed by atoms with Crippen LogP contribution in [-0.4, -0.2) is 80.9 Å². The molecule has 0 radical (unpaired) electrons. The van der Waals surface area contributed by atoms with Crippen LogP contribution in [0.2, 0.25) is 5.02 Å². The molecule has 0 aromatic heterocycles. The summed E-state index contributed by atoms with van der Waals surface area (Å²) >= 11 is 5.95. The first-order valence-electron chi connectivity index (χ1n) is 14.0. The maximum atomic E-state index is 13.7. The molecule has 2 unspecified atom stereocenters. The summed E-state index contributed by atoms with van der Waals surface area (Å²) in [6, 6.07) is 13.8. The molecule has 9 nitrogen and oxygen atoms in total. The van der Waals surface area contributed by atoms with Crippen LogP contribution in [0.5, 0.6) is 0 Å². The minimum absolute atomic E-state index is 0.0244. The highest BCUT2D eigenvalue weighted by Crippen LogP contribution is 2.62. The molecule has 2 N–H and O–H groups in total. The summed E-state index contributed by atoms with van der Waals surface area (Å²) in [5.41, 5.74) is 2.37. The number of halogens is 2. The second kappa shape index (κ2) is 11.9. The molecule has 2 aromatic carbocycles. The molecular weight excluding hydrogens is 567 g/mol. The summed E-state index contributed by atoms with van der Waals surface area (Å²) in [7, 11) is -0.518. The van der Waals surface area contributed by atoms with Gasteiger partial charge in [-0.15, -0.1) is 0 Å². The second-order valence-corrected chi connectivity index (χ2v) is 13.9. The molecule has 2 saturated carbocycles. The minimum Gasteiger partial charge on any atom is -0.320 e. The molecule has 5 rings (SSSR count). The van der Waals surface area contributed by atoms with Gasteiger partial charge in [-0.1, -0.05) is 23.7 Å². The van der Waals surface area contributed by atoms with Gasteiger partial charge in [-0.25, -0.2) is 9.18 Å². The van der Waals surface area contributed by atoms with E-state index in [1.807, 2.05) is 23.1 Å². The van der Waals surface area contributed by atoms with Crippen molar-refractivity contribution in [1.82, 2.24) is 18.8 Å². The van der Waals surface area contributed by atoms with E-state index in [0.29, 0.717) is 43.2 Å². The highest BCUT2D eigenvalue weighted by molar-refractivity contribution is 7.87. The molecule has 12 heteroatoms. The molecule has 1 heterocycles. The number of nitrogens with one attached hydrogen (secondary N) is 2. The number of benzene rings is 2. The highest BCUT2D eigenvalue weighted by Gasteiger charge is 2.58. The zero-order valence-electron chi connectivity index (χ0n) is 23.3. The van der Waals surface area contributed by atoms with E-state index in [2.05, 4.69) is 27.1 Å². The molecule has 3 fully saturated rings. The van der Waals surface area contributed by atoms with E-state index in [1.54, 1.807) is 0 Å². The van der Waals surface area contributed by atoms with Crippen molar-refractivity contribution in [2.75, 3.05) is 45.6 Å². The quantitative estimate of drug-likeness (QED) is 0.448. The number of hydrogen-bond acceptors (Lipinski definition) is 5. The van der Waals surface area contributed by atoms with Crippen LogP contribution in [0.3, 0.4) is 0 Å². The van der Waals surface area contributed by atoms with Gasteiger partial charge in [0.1, 0.15) is 5.82 Å². The van der Waals surface area contributed by atoms with Crippen molar-refractivity contribution in [2.24, 2.45) is 5.92 Å². The molecule has 2 amide bonds. The summed E-state index contributed by atoms with van der Waals surface area (Å²) < 4.78 is 42.1. The van der Waals surface area contributed by atoms with E-state index >= 15 is 0 Å². The van der Waals surface area contributed by atoms with Crippen LogP contribution in [0.1, 0.15) is 43.2 Å². The average Bonchev–Trinajstić information content (AvgIpc) is 3.53. The number of hydrogen-bond donors (Lipinski definition) is 2. The van der Waals surface area contributed by atoms with E-state index in [1.165, 1.54) is 42.2 Å². The number of nitriles is 1. The second-order valence-electron chi connectivity index (χ2n) is 11.6. The number of anilines is 1. The maximum Gasteiger partial charge on any atom is 0.322 e. The minimum atomic E-state index is -3.52. The van der Waals surface area contributed by atoms with E-state index < -0.39 is 16.0 Å². The molecule has 0 bridgehead atoms. The first-order chi connectivity index (χ1) is 19.5. The SMILES string of the molecule is CN(C)S(=O)(=O)NC1CCN(CCN(C(=O)Nc2ccc(F)c(Cl)c2)[C@@H]2CC[C@]3(c4cccc(C#N)c4)CC3C2)C1. The number of carbonyl (C=O) groups excluding carboxylic acids is 1. The Balaban J connectivity index is 1.27. The fraction of sp³-hybridized carbons (Fsp3) is 0.517. The Kier molecular flexibility index (Phi) is 8.60. The van der Waals surface area contributed by atoms with Gasteiger partial charge in [0.05, 0.1) is 16.7 Å². The summed E-state index contributed by atoms with van der Waals surface area (Å²) in [6.07, 6.45) is 4.36. The van der Waals surface area contributed by atoms with Gasteiger partial charge in [0.2, 0.25) is 0 Å². The fourth-order valence-electron chi connectivity index (χ4n) is 6.46. The first kappa shape index (κ1) is 29.7. The van der Waals surface area contributed by atoms with Gasteiger partial charge in [0.25, 0.3) is 10.2 Å². The summed E-state index contributed by atoms with van der Waals surface area (Å²) in [5, 5.41) is 12.2. The Morgan fingerprint density at radius 1 is 1.24 bits per heavy atom. The summed E-state index contributed by atoms with van der Waals surface area (Å²) in [4.78, 5) is 17.7.